The molecule has 0 fully saturated rings. The third-order valence-corrected chi connectivity index (χ3v) is 3.26. The van der Waals surface area contributed by atoms with Gasteiger partial charge in [0, 0.05) is 11.6 Å². The predicted octanol–water partition coefficient (Wildman–Crippen LogP) is 4.40. The van der Waals surface area contributed by atoms with E-state index in [-0.39, 0.29) is 12.0 Å². The van der Waals surface area contributed by atoms with E-state index in [1.54, 1.807) is 0 Å². The minimum atomic E-state index is -4.51. The van der Waals surface area contributed by atoms with Crippen LogP contribution in [0, 0.1) is 12.7 Å². The zero-order chi connectivity index (χ0) is 15.6. The highest BCUT2D eigenvalue weighted by molar-refractivity contribution is 5.31. The van der Waals surface area contributed by atoms with E-state index < -0.39 is 23.6 Å². The average molecular weight is 297 g/mol. The average Bonchev–Trinajstić information content (AvgIpc) is 2.37. The summed E-state index contributed by atoms with van der Waals surface area (Å²) in [6.45, 7) is 1.90. The van der Waals surface area contributed by atoms with E-state index in [0.29, 0.717) is 0 Å². The van der Waals surface area contributed by atoms with Gasteiger partial charge in [0.15, 0.2) is 0 Å². The molecule has 0 saturated carbocycles. The van der Waals surface area contributed by atoms with Crippen molar-refractivity contribution in [1.82, 2.24) is 0 Å². The fourth-order valence-corrected chi connectivity index (χ4v) is 2.21. The smallest absolute Gasteiger partial charge is 0.324 e. The third kappa shape index (κ3) is 3.82. The van der Waals surface area contributed by atoms with Gasteiger partial charge >= 0.3 is 6.18 Å². The molecule has 0 spiro atoms. The molecule has 2 aromatic rings. The lowest BCUT2D eigenvalue weighted by atomic mass is 9.96. The maximum Gasteiger partial charge on any atom is 0.416 e. The molecule has 0 aromatic heterocycles. The van der Waals surface area contributed by atoms with Gasteiger partial charge in [-0.15, -0.1) is 0 Å². The van der Waals surface area contributed by atoms with Crippen molar-refractivity contribution in [1.29, 1.82) is 0 Å². The Morgan fingerprint density at radius 1 is 1.10 bits per heavy atom. The van der Waals surface area contributed by atoms with E-state index in [1.165, 1.54) is 0 Å². The van der Waals surface area contributed by atoms with Crippen molar-refractivity contribution in [3.8, 4) is 0 Å². The van der Waals surface area contributed by atoms with Crippen LogP contribution in [-0.2, 0) is 12.6 Å². The molecule has 2 aromatic carbocycles. The summed E-state index contributed by atoms with van der Waals surface area (Å²) in [6.07, 6.45) is -4.23. The number of rotatable bonds is 3. The Balaban J connectivity index is 2.28. The van der Waals surface area contributed by atoms with E-state index >= 15 is 0 Å². The normalized spacial score (nSPS) is 13.2. The second-order valence-corrected chi connectivity index (χ2v) is 5.03. The van der Waals surface area contributed by atoms with Crippen molar-refractivity contribution in [2.24, 2.45) is 5.73 Å². The first-order valence-electron chi connectivity index (χ1n) is 6.45. The monoisotopic (exact) mass is 297 g/mol. The Morgan fingerprint density at radius 3 is 2.43 bits per heavy atom. The predicted molar refractivity (Wildman–Crippen MR) is 73.2 cm³/mol. The topological polar surface area (TPSA) is 26.0 Å². The fraction of sp³-hybridized carbons (Fsp3) is 0.250. The first kappa shape index (κ1) is 15.5. The third-order valence-electron chi connectivity index (χ3n) is 3.26. The number of alkyl halides is 3. The van der Waals surface area contributed by atoms with Gasteiger partial charge < -0.3 is 5.73 Å². The standard InChI is InChI=1S/C16H15F4N/c1-10-3-2-4-11(7-10)8-15(21)13-9-12(16(18,19)20)5-6-14(13)17/h2-7,9,15H,8,21H2,1H3. The van der Waals surface area contributed by atoms with Crippen LogP contribution in [0.3, 0.4) is 0 Å². The molecule has 0 amide bonds. The van der Waals surface area contributed by atoms with Crippen LogP contribution in [0.1, 0.15) is 28.3 Å². The summed E-state index contributed by atoms with van der Waals surface area (Å²) in [5, 5.41) is 0. The van der Waals surface area contributed by atoms with Crippen molar-refractivity contribution >= 4 is 0 Å². The summed E-state index contributed by atoms with van der Waals surface area (Å²) in [4.78, 5) is 0. The number of aryl methyl sites for hydroxylation is 1. The van der Waals surface area contributed by atoms with Gasteiger partial charge in [0.2, 0.25) is 0 Å². The minimum absolute atomic E-state index is 0.119. The summed E-state index contributed by atoms with van der Waals surface area (Å²) in [5.74, 6) is -0.719. The molecule has 5 heteroatoms. The molecule has 1 nitrogen and oxygen atoms in total. The molecule has 0 aliphatic heterocycles. The van der Waals surface area contributed by atoms with Crippen LogP contribution >= 0.6 is 0 Å². The lowest BCUT2D eigenvalue weighted by Crippen LogP contribution is -2.17. The molecule has 2 rings (SSSR count). The number of benzene rings is 2. The molecule has 1 atom stereocenters. The Labute approximate surface area is 120 Å². The number of nitrogens with two attached hydrogens (primary N) is 1. The second-order valence-electron chi connectivity index (χ2n) is 5.03. The first-order valence-corrected chi connectivity index (χ1v) is 6.45. The molecular weight excluding hydrogens is 282 g/mol. The van der Waals surface area contributed by atoms with Crippen LogP contribution in [0.4, 0.5) is 17.6 Å². The van der Waals surface area contributed by atoms with Crippen LogP contribution in [0.2, 0.25) is 0 Å². The van der Waals surface area contributed by atoms with Gasteiger partial charge in [-0.2, -0.15) is 13.2 Å². The lowest BCUT2D eigenvalue weighted by Gasteiger charge is -2.16. The zero-order valence-electron chi connectivity index (χ0n) is 11.4. The van der Waals surface area contributed by atoms with Gasteiger partial charge in [-0.1, -0.05) is 29.8 Å². The van der Waals surface area contributed by atoms with Gasteiger partial charge in [0.1, 0.15) is 5.82 Å². The molecule has 0 saturated heterocycles. The summed E-state index contributed by atoms with van der Waals surface area (Å²) >= 11 is 0. The van der Waals surface area contributed by atoms with E-state index in [0.717, 1.165) is 29.3 Å². The SMILES string of the molecule is Cc1cccc(CC(N)c2cc(C(F)(F)F)ccc2F)c1. The second kappa shape index (κ2) is 5.85. The van der Waals surface area contributed by atoms with Gasteiger partial charge in [0.05, 0.1) is 5.56 Å². The zero-order valence-corrected chi connectivity index (χ0v) is 11.4. The fourth-order valence-electron chi connectivity index (χ4n) is 2.21. The molecular formula is C16H15F4N. The minimum Gasteiger partial charge on any atom is -0.324 e. The van der Waals surface area contributed by atoms with E-state index in [2.05, 4.69) is 0 Å². The largest absolute Gasteiger partial charge is 0.416 e. The first-order chi connectivity index (χ1) is 9.77. The van der Waals surface area contributed by atoms with Crippen LogP contribution < -0.4 is 5.73 Å². The van der Waals surface area contributed by atoms with Crippen molar-refractivity contribution in [2.45, 2.75) is 25.6 Å². The van der Waals surface area contributed by atoms with E-state index in [1.807, 2.05) is 31.2 Å². The van der Waals surface area contributed by atoms with Gasteiger partial charge in [0.25, 0.3) is 0 Å². The number of halogens is 4. The lowest BCUT2D eigenvalue weighted by molar-refractivity contribution is -0.137. The summed E-state index contributed by atoms with van der Waals surface area (Å²) in [6, 6.07) is 8.93. The highest BCUT2D eigenvalue weighted by Crippen LogP contribution is 2.32. The Morgan fingerprint density at radius 2 is 1.81 bits per heavy atom. The van der Waals surface area contributed by atoms with Crippen molar-refractivity contribution < 1.29 is 17.6 Å². The molecule has 0 bridgehead atoms. The summed E-state index contributed by atoms with van der Waals surface area (Å²) in [7, 11) is 0. The Bertz CT molecular complexity index is 634. The Hall–Kier alpha value is -1.88. The van der Waals surface area contributed by atoms with E-state index in [9.17, 15) is 17.6 Å². The number of hydrogen-bond acceptors (Lipinski definition) is 1. The maximum absolute atomic E-state index is 13.7. The van der Waals surface area contributed by atoms with Gasteiger partial charge in [-0.3, -0.25) is 0 Å². The Kier molecular flexibility index (Phi) is 4.32. The van der Waals surface area contributed by atoms with Crippen molar-refractivity contribution in [2.75, 3.05) is 0 Å². The van der Waals surface area contributed by atoms with Crippen LogP contribution in [0.5, 0.6) is 0 Å². The number of hydrogen-bond donors (Lipinski definition) is 1. The summed E-state index contributed by atoms with van der Waals surface area (Å²) < 4.78 is 51.8. The van der Waals surface area contributed by atoms with Crippen LogP contribution in [-0.4, -0.2) is 0 Å². The van der Waals surface area contributed by atoms with Gasteiger partial charge in [-0.05, 0) is 37.1 Å². The highest BCUT2D eigenvalue weighted by Gasteiger charge is 2.31. The maximum atomic E-state index is 13.7. The molecule has 0 aliphatic rings. The van der Waals surface area contributed by atoms with Crippen molar-refractivity contribution in [3.63, 3.8) is 0 Å². The van der Waals surface area contributed by atoms with Gasteiger partial charge in [-0.25, -0.2) is 4.39 Å². The highest BCUT2D eigenvalue weighted by atomic mass is 19.4. The molecule has 0 radical (unpaired) electrons. The van der Waals surface area contributed by atoms with Crippen LogP contribution in [0.15, 0.2) is 42.5 Å². The quantitative estimate of drug-likeness (QED) is 0.835. The summed E-state index contributed by atoms with van der Waals surface area (Å²) in [5.41, 5.74) is 6.75. The van der Waals surface area contributed by atoms with Crippen molar-refractivity contribution in [3.05, 3.63) is 70.5 Å². The molecule has 21 heavy (non-hydrogen) atoms. The molecule has 112 valence electrons. The molecule has 0 aliphatic carbocycles. The molecule has 2 N–H and O–H groups in total. The van der Waals surface area contributed by atoms with E-state index in [4.69, 9.17) is 5.73 Å². The molecule has 1 unspecified atom stereocenters. The van der Waals surface area contributed by atoms with Crippen LogP contribution in [0.25, 0.3) is 0 Å². The molecule has 0 heterocycles.